The lowest BCUT2D eigenvalue weighted by molar-refractivity contribution is -0.133. The van der Waals surface area contributed by atoms with Crippen molar-refractivity contribution in [2.45, 2.75) is 25.8 Å². The molecule has 6 heteroatoms. The Bertz CT molecular complexity index is 900. The summed E-state index contributed by atoms with van der Waals surface area (Å²) in [4.78, 5) is 24.3. The number of carbonyl (C=O) groups is 2. The van der Waals surface area contributed by atoms with Gasteiger partial charge in [0.1, 0.15) is 0 Å². The molecule has 0 unspecified atom stereocenters. The fourth-order valence-corrected chi connectivity index (χ4v) is 2.86. The molecule has 136 valence electrons. The van der Waals surface area contributed by atoms with Gasteiger partial charge in [0.15, 0.2) is 0 Å². The summed E-state index contributed by atoms with van der Waals surface area (Å²) in [5.74, 6) is -0.347. The van der Waals surface area contributed by atoms with Crippen LogP contribution in [0.1, 0.15) is 36.0 Å². The molecule has 0 aliphatic carbocycles. The predicted octanol–water partition coefficient (Wildman–Crippen LogP) is 2.59. The first-order valence-corrected chi connectivity index (χ1v) is 8.85. The molecule has 0 aromatic heterocycles. The quantitative estimate of drug-likeness (QED) is 0.859. The largest absolute Gasteiger partial charge is 0.352 e. The lowest BCUT2D eigenvalue weighted by Crippen LogP contribution is -2.27. The van der Waals surface area contributed by atoms with E-state index < -0.39 is 0 Å². The van der Waals surface area contributed by atoms with Gasteiger partial charge < -0.3 is 5.32 Å². The van der Waals surface area contributed by atoms with Gasteiger partial charge in [-0.25, -0.2) is 5.01 Å². The van der Waals surface area contributed by atoms with Gasteiger partial charge in [0.2, 0.25) is 11.8 Å². The molecule has 2 aromatic rings. The first kappa shape index (κ1) is 18.3. The van der Waals surface area contributed by atoms with Crippen molar-refractivity contribution in [3.05, 3.63) is 71.3 Å². The fraction of sp³-hybridized carbons (Fsp3) is 0.238. The monoisotopic (exact) mass is 360 g/mol. The van der Waals surface area contributed by atoms with Gasteiger partial charge in [0, 0.05) is 25.8 Å². The summed E-state index contributed by atoms with van der Waals surface area (Å²) in [6.45, 7) is 0.883. The zero-order chi connectivity index (χ0) is 19.1. The second-order valence-electron chi connectivity index (χ2n) is 6.27. The molecule has 2 amide bonds. The first-order valence-electron chi connectivity index (χ1n) is 8.85. The molecule has 0 spiro atoms. The van der Waals surface area contributed by atoms with Crippen molar-refractivity contribution in [3.8, 4) is 6.07 Å². The molecule has 3 rings (SSSR count). The number of amides is 2. The van der Waals surface area contributed by atoms with Gasteiger partial charge in [-0.1, -0.05) is 42.5 Å². The maximum atomic E-state index is 12.3. The highest BCUT2D eigenvalue weighted by atomic mass is 16.2. The number of rotatable bonds is 6. The Kier molecular flexibility index (Phi) is 5.95. The third-order valence-corrected chi connectivity index (χ3v) is 4.31. The van der Waals surface area contributed by atoms with Crippen LogP contribution in [0.5, 0.6) is 0 Å². The van der Waals surface area contributed by atoms with E-state index in [4.69, 9.17) is 5.26 Å². The van der Waals surface area contributed by atoms with Gasteiger partial charge in [0.05, 0.1) is 23.9 Å². The fourth-order valence-electron chi connectivity index (χ4n) is 2.86. The predicted molar refractivity (Wildman–Crippen MR) is 102 cm³/mol. The normalized spacial score (nSPS) is 13.0. The standard InChI is InChI=1S/C21H20N4O2/c22-14-16-5-4-6-17(13-16)15-23-20(26)9-10-21(27)25-12-11-19(24-25)18-7-2-1-3-8-18/h1-8,13H,9-12,15H2,(H,23,26). The van der Waals surface area contributed by atoms with Crippen LogP contribution in [0.25, 0.3) is 0 Å². The first-order chi connectivity index (χ1) is 13.2. The van der Waals surface area contributed by atoms with Crippen LogP contribution >= 0.6 is 0 Å². The molecule has 0 bridgehead atoms. The van der Waals surface area contributed by atoms with E-state index in [1.807, 2.05) is 36.4 Å². The van der Waals surface area contributed by atoms with Gasteiger partial charge >= 0.3 is 0 Å². The van der Waals surface area contributed by atoms with Crippen molar-refractivity contribution >= 4 is 17.5 Å². The minimum atomic E-state index is -0.197. The minimum Gasteiger partial charge on any atom is -0.352 e. The van der Waals surface area contributed by atoms with E-state index in [2.05, 4.69) is 16.5 Å². The molecule has 27 heavy (non-hydrogen) atoms. The van der Waals surface area contributed by atoms with Crippen LogP contribution in [-0.4, -0.2) is 29.1 Å². The maximum absolute atomic E-state index is 12.3. The number of nitrogens with zero attached hydrogens (tertiary/aromatic N) is 3. The van der Waals surface area contributed by atoms with E-state index in [1.165, 1.54) is 5.01 Å². The van der Waals surface area contributed by atoms with Crippen molar-refractivity contribution in [2.75, 3.05) is 6.54 Å². The van der Waals surface area contributed by atoms with Crippen LogP contribution in [0, 0.1) is 11.3 Å². The van der Waals surface area contributed by atoms with Crippen molar-refractivity contribution in [1.82, 2.24) is 10.3 Å². The van der Waals surface area contributed by atoms with Gasteiger partial charge in [-0.2, -0.15) is 10.4 Å². The number of carbonyl (C=O) groups excluding carboxylic acids is 2. The maximum Gasteiger partial charge on any atom is 0.243 e. The lowest BCUT2D eigenvalue weighted by atomic mass is 10.1. The van der Waals surface area contributed by atoms with E-state index in [0.29, 0.717) is 18.7 Å². The van der Waals surface area contributed by atoms with Crippen LogP contribution in [0.15, 0.2) is 59.7 Å². The number of hydrazone groups is 1. The summed E-state index contributed by atoms with van der Waals surface area (Å²) in [6.07, 6.45) is 0.955. The average molecular weight is 360 g/mol. The Morgan fingerprint density at radius 2 is 1.93 bits per heavy atom. The van der Waals surface area contributed by atoms with Crippen molar-refractivity contribution in [1.29, 1.82) is 5.26 Å². The van der Waals surface area contributed by atoms with Crippen LogP contribution < -0.4 is 5.32 Å². The molecule has 1 N–H and O–H groups in total. The molecule has 2 aromatic carbocycles. The van der Waals surface area contributed by atoms with E-state index in [-0.39, 0.29) is 24.7 Å². The van der Waals surface area contributed by atoms with Crippen LogP contribution in [-0.2, 0) is 16.1 Å². The number of nitriles is 1. The second kappa shape index (κ2) is 8.77. The molecule has 1 heterocycles. The molecule has 0 radical (unpaired) electrons. The second-order valence-corrected chi connectivity index (χ2v) is 6.27. The SMILES string of the molecule is N#Cc1cccc(CNC(=O)CCC(=O)N2CCC(c3ccccc3)=N2)c1. The van der Waals surface area contributed by atoms with E-state index in [0.717, 1.165) is 23.3 Å². The Morgan fingerprint density at radius 3 is 2.70 bits per heavy atom. The molecule has 0 saturated heterocycles. The van der Waals surface area contributed by atoms with E-state index in [9.17, 15) is 9.59 Å². The summed E-state index contributed by atoms with van der Waals surface area (Å²) in [7, 11) is 0. The molecule has 0 fully saturated rings. The highest BCUT2D eigenvalue weighted by Crippen LogP contribution is 2.15. The summed E-state index contributed by atoms with van der Waals surface area (Å²) in [6, 6.07) is 18.9. The number of nitrogens with one attached hydrogen (secondary N) is 1. The third kappa shape index (κ3) is 5.02. The number of benzene rings is 2. The Balaban J connectivity index is 1.45. The topological polar surface area (TPSA) is 85.6 Å². The van der Waals surface area contributed by atoms with Crippen molar-refractivity contribution < 1.29 is 9.59 Å². The van der Waals surface area contributed by atoms with Gasteiger partial charge in [-0.3, -0.25) is 9.59 Å². The molecular weight excluding hydrogens is 340 g/mol. The summed E-state index contributed by atoms with van der Waals surface area (Å²) < 4.78 is 0. The highest BCUT2D eigenvalue weighted by molar-refractivity contribution is 6.02. The minimum absolute atomic E-state index is 0.115. The molecule has 1 aliphatic rings. The molecule has 0 atom stereocenters. The van der Waals surface area contributed by atoms with Gasteiger partial charge in [-0.15, -0.1) is 0 Å². The van der Waals surface area contributed by atoms with Crippen molar-refractivity contribution in [3.63, 3.8) is 0 Å². The number of hydrogen-bond donors (Lipinski definition) is 1. The van der Waals surface area contributed by atoms with Crippen LogP contribution in [0.4, 0.5) is 0 Å². The zero-order valence-electron chi connectivity index (χ0n) is 14.9. The van der Waals surface area contributed by atoms with Gasteiger partial charge in [0.25, 0.3) is 0 Å². The van der Waals surface area contributed by atoms with Crippen molar-refractivity contribution in [2.24, 2.45) is 5.10 Å². The zero-order valence-corrected chi connectivity index (χ0v) is 14.9. The Labute approximate surface area is 158 Å². The molecular formula is C21H20N4O2. The Morgan fingerprint density at radius 1 is 1.11 bits per heavy atom. The Hall–Kier alpha value is -3.46. The summed E-state index contributed by atoms with van der Waals surface area (Å²) in [5, 5.41) is 17.5. The summed E-state index contributed by atoms with van der Waals surface area (Å²) >= 11 is 0. The van der Waals surface area contributed by atoms with E-state index >= 15 is 0 Å². The molecule has 1 aliphatic heterocycles. The highest BCUT2D eigenvalue weighted by Gasteiger charge is 2.21. The third-order valence-electron chi connectivity index (χ3n) is 4.31. The van der Waals surface area contributed by atoms with E-state index in [1.54, 1.807) is 18.2 Å². The summed E-state index contributed by atoms with van der Waals surface area (Å²) in [5.41, 5.74) is 3.32. The molecule has 6 nitrogen and oxygen atoms in total. The smallest absolute Gasteiger partial charge is 0.243 e. The number of hydrogen-bond acceptors (Lipinski definition) is 4. The van der Waals surface area contributed by atoms with Gasteiger partial charge in [-0.05, 0) is 23.3 Å². The lowest BCUT2D eigenvalue weighted by Gasteiger charge is -2.11. The molecule has 0 saturated carbocycles. The van der Waals surface area contributed by atoms with Crippen LogP contribution in [0.2, 0.25) is 0 Å². The van der Waals surface area contributed by atoms with Crippen LogP contribution in [0.3, 0.4) is 0 Å². The average Bonchev–Trinajstić information content (AvgIpc) is 3.21.